The van der Waals surface area contributed by atoms with Crippen LogP contribution in [0.4, 0.5) is 0 Å². The van der Waals surface area contributed by atoms with Gasteiger partial charge in [-0.2, -0.15) is 0 Å². The second-order valence-electron chi connectivity index (χ2n) is 5.57. The Morgan fingerprint density at radius 3 is 2.75 bits per heavy atom. The predicted molar refractivity (Wildman–Crippen MR) is 60.0 cm³/mol. The maximum atomic E-state index is 5.91. The summed E-state index contributed by atoms with van der Waals surface area (Å²) in [7, 11) is 1.79. The van der Waals surface area contributed by atoms with Crippen LogP contribution in [-0.4, -0.2) is 31.7 Å². The van der Waals surface area contributed by atoms with Crippen LogP contribution < -0.4 is 0 Å². The zero-order valence-corrected chi connectivity index (χ0v) is 10.2. The Hall–Kier alpha value is -0.380. The number of fused-ring (bicyclic) bond motifs is 1. The molecule has 4 unspecified atom stereocenters. The van der Waals surface area contributed by atoms with Crippen LogP contribution in [0, 0.1) is 11.8 Å². The van der Waals surface area contributed by atoms with Crippen molar-refractivity contribution >= 4 is 0 Å². The third kappa shape index (κ3) is 1.53. The van der Waals surface area contributed by atoms with Gasteiger partial charge < -0.3 is 14.2 Å². The highest BCUT2D eigenvalue weighted by Crippen LogP contribution is 2.52. The van der Waals surface area contributed by atoms with E-state index in [0.717, 1.165) is 5.92 Å². The van der Waals surface area contributed by atoms with Gasteiger partial charge in [0, 0.05) is 13.0 Å². The fourth-order valence-corrected chi connectivity index (χ4v) is 3.35. The van der Waals surface area contributed by atoms with Gasteiger partial charge in [-0.15, -0.1) is 0 Å². The highest BCUT2D eigenvalue weighted by atomic mass is 16.7. The molecule has 0 aromatic rings. The van der Waals surface area contributed by atoms with E-state index < -0.39 is 5.79 Å². The molecule has 3 aliphatic carbocycles. The molecule has 4 aliphatic rings. The van der Waals surface area contributed by atoms with Crippen molar-refractivity contribution in [3.63, 3.8) is 0 Å². The zero-order chi connectivity index (χ0) is 11.3. The molecule has 2 fully saturated rings. The molecule has 1 saturated heterocycles. The van der Waals surface area contributed by atoms with Crippen LogP contribution in [-0.2, 0) is 14.2 Å². The Morgan fingerprint density at radius 2 is 2.31 bits per heavy atom. The molecule has 0 aromatic carbocycles. The first-order chi connectivity index (χ1) is 7.61. The minimum atomic E-state index is -0.446. The summed E-state index contributed by atoms with van der Waals surface area (Å²) in [5.41, 5.74) is 1.57. The van der Waals surface area contributed by atoms with Crippen LogP contribution in [0.2, 0.25) is 0 Å². The first-order valence-corrected chi connectivity index (χ1v) is 6.14. The minimum Gasteiger partial charge on any atom is -0.378 e. The Labute approximate surface area is 96.8 Å². The highest BCUT2D eigenvalue weighted by molar-refractivity contribution is 5.28. The highest BCUT2D eigenvalue weighted by Gasteiger charge is 2.50. The summed E-state index contributed by atoms with van der Waals surface area (Å²) in [4.78, 5) is 0. The lowest BCUT2D eigenvalue weighted by Gasteiger charge is -2.40. The predicted octanol–water partition coefficient (Wildman–Crippen LogP) is 2.12. The van der Waals surface area contributed by atoms with Crippen molar-refractivity contribution in [3.05, 3.63) is 11.6 Å². The molecule has 4 rings (SSSR count). The van der Waals surface area contributed by atoms with Gasteiger partial charge in [0.25, 0.3) is 0 Å². The molecule has 1 heterocycles. The van der Waals surface area contributed by atoms with Crippen molar-refractivity contribution in [1.29, 1.82) is 0 Å². The van der Waals surface area contributed by atoms with Crippen LogP contribution >= 0.6 is 0 Å². The van der Waals surface area contributed by atoms with E-state index in [2.05, 4.69) is 6.08 Å². The lowest BCUT2D eigenvalue weighted by Crippen LogP contribution is -2.44. The lowest BCUT2D eigenvalue weighted by atomic mass is 9.70. The Balaban J connectivity index is 1.70. The average Bonchev–Trinajstić information content (AvgIpc) is 2.87. The fraction of sp³-hybridized carbons (Fsp3) is 0.846. The quantitative estimate of drug-likeness (QED) is 0.687. The van der Waals surface area contributed by atoms with E-state index in [4.69, 9.17) is 14.2 Å². The molecule has 1 aliphatic heterocycles. The first-order valence-electron chi connectivity index (χ1n) is 6.14. The fourth-order valence-electron chi connectivity index (χ4n) is 3.35. The summed E-state index contributed by atoms with van der Waals surface area (Å²) in [6.07, 6.45) is 5.16. The summed E-state index contributed by atoms with van der Waals surface area (Å²) < 4.78 is 17.2. The van der Waals surface area contributed by atoms with E-state index in [1.807, 2.05) is 13.8 Å². The molecular weight excluding hydrogens is 204 g/mol. The first kappa shape index (κ1) is 10.8. The molecule has 0 N–H and O–H groups in total. The van der Waals surface area contributed by atoms with Crippen molar-refractivity contribution in [3.8, 4) is 0 Å². The molecule has 0 spiro atoms. The second kappa shape index (κ2) is 3.56. The van der Waals surface area contributed by atoms with Crippen LogP contribution in [0.25, 0.3) is 0 Å². The summed E-state index contributed by atoms with van der Waals surface area (Å²) in [5, 5.41) is 0. The van der Waals surface area contributed by atoms with Gasteiger partial charge in [-0.1, -0.05) is 11.6 Å². The van der Waals surface area contributed by atoms with Gasteiger partial charge in [0.2, 0.25) is 0 Å². The van der Waals surface area contributed by atoms with E-state index in [-0.39, 0.29) is 12.2 Å². The third-order valence-electron chi connectivity index (χ3n) is 4.14. The molecule has 16 heavy (non-hydrogen) atoms. The number of methoxy groups -OCH3 is 1. The maximum Gasteiger partial charge on any atom is 0.163 e. The molecule has 3 nitrogen and oxygen atoms in total. The van der Waals surface area contributed by atoms with E-state index in [9.17, 15) is 0 Å². The standard InChI is InChI=1S/C13H20O3/c1-13(2)15-7-10(16-13)12(14-3)11-8-4-5-9(11)6-8/h4,9-12H,5-7H2,1-3H3. The third-order valence-corrected chi connectivity index (χ3v) is 4.14. The molecule has 0 aromatic heterocycles. The number of allylic oxidation sites excluding steroid dienone is 1. The van der Waals surface area contributed by atoms with Crippen LogP contribution in [0.1, 0.15) is 26.7 Å². The summed E-state index contributed by atoms with van der Waals surface area (Å²) in [6, 6.07) is 0. The van der Waals surface area contributed by atoms with Crippen molar-refractivity contribution in [2.75, 3.05) is 13.7 Å². The van der Waals surface area contributed by atoms with E-state index in [1.165, 1.54) is 12.8 Å². The van der Waals surface area contributed by atoms with Crippen molar-refractivity contribution < 1.29 is 14.2 Å². The Morgan fingerprint density at radius 1 is 1.50 bits per heavy atom. The van der Waals surface area contributed by atoms with Gasteiger partial charge in [0.15, 0.2) is 5.79 Å². The van der Waals surface area contributed by atoms with Gasteiger partial charge in [-0.05, 0) is 32.6 Å². The monoisotopic (exact) mass is 224 g/mol. The van der Waals surface area contributed by atoms with Crippen LogP contribution in [0.5, 0.6) is 0 Å². The zero-order valence-electron chi connectivity index (χ0n) is 10.2. The largest absolute Gasteiger partial charge is 0.378 e. The van der Waals surface area contributed by atoms with Crippen molar-refractivity contribution in [2.24, 2.45) is 11.8 Å². The molecule has 4 atom stereocenters. The van der Waals surface area contributed by atoms with E-state index >= 15 is 0 Å². The number of rotatable bonds is 3. The van der Waals surface area contributed by atoms with Crippen molar-refractivity contribution in [2.45, 2.75) is 44.7 Å². The van der Waals surface area contributed by atoms with Crippen LogP contribution in [0.15, 0.2) is 11.6 Å². The number of hydrogen-bond donors (Lipinski definition) is 0. The van der Waals surface area contributed by atoms with E-state index in [0.29, 0.717) is 12.5 Å². The van der Waals surface area contributed by atoms with Crippen molar-refractivity contribution in [1.82, 2.24) is 0 Å². The summed E-state index contributed by atoms with van der Waals surface area (Å²) in [5.74, 6) is 0.943. The molecule has 2 bridgehead atoms. The maximum absolute atomic E-state index is 5.91. The Bertz CT molecular complexity index is 319. The Kier molecular flexibility index (Phi) is 2.39. The minimum absolute atomic E-state index is 0.0919. The van der Waals surface area contributed by atoms with Gasteiger partial charge in [-0.3, -0.25) is 0 Å². The van der Waals surface area contributed by atoms with E-state index in [1.54, 1.807) is 12.7 Å². The van der Waals surface area contributed by atoms with Gasteiger partial charge in [-0.25, -0.2) is 0 Å². The normalized spacial score (nSPS) is 41.7. The summed E-state index contributed by atoms with van der Waals surface area (Å²) >= 11 is 0. The molecular formula is C13H20O3. The molecule has 1 saturated carbocycles. The van der Waals surface area contributed by atoms with Gasteiger partial charge >= 0.3 is 0 Å². The molecule has 3 heteroatoms. The average molecular weight is 224 g/mol. The molecule has 90 valence electrons. The smallest absolute Gasteiger partial charge is 0.163 e. The SMILES string of the molecule is COC(C1COC(C)(C)O1)C1C2=CCC1C2. The molecule has 0 radical (unpaired) electrons. The number of hydrogen-bond acceptors (Lipinski definition) is 3. The van der Waals surface area contributed by atoms with Gasteiger partial charge in [0.05, 0.1) is 12.7 Å². The van der Waals surface area contributed by atoms with Gasteiger partial charge in [0.1, 0.15) is 6.10 Å². The number of ether oxygens (including phenoxy) is 3. The summed E-state index contributed by atoms with van der Waals surface area (Å²) in [6.45, 7) is 4.59. The lowest BCUT2D eigenvalue weighted by molar-refractivity contribution is -0.161. The molecule has 0 amide bonds. The second-order valence-corrected chi connectivity index (χ2v) is 5.57. The van der Waals surface area contributed by atoms with Crippen LogP contribution in [0.3, 0.4) is 0 Å². The topological polar surface area (TPSA) is 27.7 Å².